The second-order valence-electron chi connectivity index (χ2n) is 6.13. The number of ether oxygens (including phenoxy) is 1. The number of carbonyl (C=O) groups excluding carboxylic acids is 1. The van der Waals surface area contributed by atoms with E-state index >= 15 is 0 Å². The molecule has 3 nitrogen and oxygen atoms in total. The van der Waals surface area contributed by atoms with E-state index in [4.69, 9.17) is 27.9 Å². The molecular formula is C18H17Cl2NO2S. The zero-order chi connectivity index (χ0) is 17.5. The minimum Gasteiger partial charge on any atom is -0.477 e. The molecule has 1 aromatic carbocycles. The fourth-order valence-corrected chi connectivity index (χ4v) is 4.09. The highest BCUT2D eigenvalue weighted by molar-refractivity contribution is 7.11. The van der Waals surface area contributed by atoms with Crippen LogP contribution in [0.15, 0.2) is 41.5 Å². The molecule has 0 N–H and O–H groups in total. The van der Waals surface area contributed by atoms with E-state index in [1.807, 2.05) is 50.4 Å². The topological polar surface area (TPSA) is 29.5 Å². The maximum absolute atomic E-state index is 13.2. The zero-order valence-electron chi connectivity index (χ0n) is 13.6. The monoisotopic (exact) mass is 381 g/mol. The molecule has 6 heteroatoms. The molecule has 0 aliphatic carbocycles. The summed E-state index contributed by atoms with van der Waals surface area (Å²) in [6.45, 7) is 5.94. The van der Waals surface area contributed by atoms with Gasteiger partial charge in [0.1, 0.15) is 5.76 Å². The minimum atomic E-state index is -0.616. The van der Waals surface area contributed by atoms with Gasteiger partial charge in [-0.1, -0.05) is 29.3 Å². The number of carbonyl (C=O) groups is 1. The lowest BCUT2D eigenvalue weighted by Gasteiger charge is -2.41. The van der Waals surface area contributed by atoms with E-state index in [1.54, 1.807) is 11.0 Å². The highest BCUT2D eigenvalue weighted by Gasteiger charge is 2.39. The summed E-state index contributed by atoms with van der Waals surface area (Å²) >= 11 is 13.8. The highest BCUT2D eigenvalue weighted by atomic mass is 35.5. The molecule has 1 amide bonds. The molecule has 24 heavy (non-hydrogen) atoms. The summed E-state index contributed by atoms with van der Waals surface area (Å²) in [5.41, 5.74) is 0.856. The van der Waals surface area contributed by atoms with Crippen molar-refractivity contribution in [2.24, 2.45) is 0 Å². The van der Waals surface area contributed by atoms with Crippen LogP contribution in [0.2, 0.25) is 10.0 Å². The molecule has 0 saturated carbocycles. The number of amides is 1. The van der Waals surface area contributed by atoms with Gasteiger partial charge in [-0.3, -0.25) is 9.69 Å². The molecule has 0 atom stereocenters. The number of rotatable bonds is 3. The van der Waals surface area contributed by atoms with Crippen molar-refractivity contribution in [2.45, 2.75) is 26.3 Å². The quantitative estimate of drug-likeness (QED) is 0.698. The van der Waals surface area contributed by atoms with E-state index < -0.39 is 5.54 Å². The molecule has 0 radical (unpaired) electrons. The Labute approximate surface area is 155 Å². The molecule has 0 bridgehead atoms. The van der Waals surface area contributed by atoms with Gasteiger partial charge >= 0.3 is 0 Å². The molecule has 0 spiro atoms. The van der Waals surface area contributed by atoms with Crippen molar-refractivity contribution < 1.29 is 9.53 Å². The Balaban J connectivity index is 2.02. The average Bonchev–Trinajstić information content (AvgIpc) is 3.00. The van der Waals surface area contributed by atoms with Crippen LogP contribution < -0.4 is 0 Å². The predicted octanol–water partition coefficient (Wildman–Crippen LogP) is 5.54. The molecule has 0 saturated heterocycles. The Morgan fingerprint density at radius 3 is 2.46 bits per heavy atom. The molecule has 1 aromatic heterocycles. The summed E-state index contributed by atoms with van der Waals surface area (Å²) in [5, 5.41) is 3.03. The Morgan fingerprint density at radius 2 is 1.88 bits per heavy atom. The fraction of sp³-hybridized carbons (Fsp3) is 0.278. The Kier molecular flexibility index (Phi) is 4.65. The molecule has 1 aliphatic heterocycles. The Hall–Kier alpha value is -1.49. The normalized spacial score (nSPS) is 15.7. The fourth-order valence-electron chi connectivity index (χ4n) is 2.76. The van der Waals surface area contributed by atoms with Gasteiger partial charge in [-0.2, -0.15) is 0 Å². The van der Waals surface area contributed by atoms with Crippen molar-refractivity contribution in [3.8, 4) is 0 Å². The van der Waals surface area contributed by atoms with Crippen LogP contribution in [0, 0.1) is 0 Å². The number of thiophene rings is 1. The molecule has 1 aliphatic rings. The molecule has 0 unspecified atom stereocenters. The predicted molar refractivity (Wildman–Crippen MR) is 99.2 cm³/mol. The van der Waals surface area contributed by atoms with Gasteiger partial charge in [0, 0.05) is 14.9 Å². The van der Waals surface area contributed by atoms with Crippen LogP contribution >= 0.6 is 34.5 Å². The number of benzene rings is 1. The van der Waals surface area contributed by atoms with E-state index in [0.29, 0.717) is 21.4 Å². The maximum Gasteiger partial charge on any atom is 0.262 e. The molecular weight excluding hydrogens is 365 g/mol. The van der Waals surface area contributed by atoms with E-state index in [-0.39, 0.29) is 12.6 Å². The third-order valence-corrected chi connectivity index (χ3v) is 5.56. The summed E-state index contributed by atoms with van der Waals surface area (Å²) in [5.74, 6) is 0.598. The number of halogens is 2. The van der Waals surface area contributed by atoms with E-state index in [0.717, 1.165) is 10.4 Å². The van der Waals surface area contributed by atoms with E-state index in [9.17, 15) is 4.79 Å². The van der Waals surface area contributed by atoms with Crippen LogP contribution in [-0.4, -0.2) is 17.5 Å². The van der Waals surface area contributed by atoms with Gasteiger partial charge in [0.15, 0.2) is 6.73 Å². The van der Waals surface area contributed by atoms with Gasteiger partial charge in [0.05, 0.1) is 11.1 Å². The maximum atomic E-state index is 13.2. The van der Waals surface area contributed by atoms with Crippen molar-refractivity contribution in [1.29, 1.82) is 0 Å². The average molecular weight is 382 g/mol. The van der Waals surface area contributed by atoms with Gasteiger partial charge in [-0.25, -0.2) is 0 Å². The Morgan fingerprint density at radius 1 is 1.21 bits per heavy atom. The summed E-state index contributed by atoms with van der Waals surface area (Å²) in [6, 6.07) is 9.19. The first-order valence-corrected chi connectivity index (χ1v) is 9.10. The number of hydrogen-bond acceptors (Lipinski definition) is 3. The van der Waals surface area contributed by atoms with Crippen LogP contribution in [0.4, 0.5) is 0 Å². The van der Waals surface area contributed by atoms with Gasteiger partial charge < -0.3 is 4.74 Å². The lowest BCUT2D eigenvalue weighted by Crippen LogP contribution is -2.49. The Bertz CT molecular complexity index is 792. The number of hydrogen-bond donors (Lipinski definition) is 0. The van der Waals surface area contributed by atoms with E-state index in [1.165, 1.54) is 11.3 Å². The third-order valence-electron chi connectivity index (χ3n) is 4.23. The van der Waals surface area contributed by atoms with Crippen LogP contribution in [0.5, 0.6) is 0 Å². The second-order valence-corrected chi connectivity index (χ2v) is 7.95. The van der Waals surface area contributed by atoms with Crippen molar-refractivity contribution in [2.75, 3.05) is 6.73 Å². The highest BCUT2D eigenvalue weighted by Crippen LogP contribution is 2.38. The molecule has 0 fully saturated rings. The molecule has 126 valence electrons. The molecule has 2 aromatic rings. The first kappa shape index (κ1) is 17.3. The summed E-state index contributed by atoms with van der Waals surface area (Å²) < 4.78 is 5.79. The summed E-state index contributed by atoms with van der Waals surface area (Å²) in [7, 11) is 0. The van der Waals surface area contributed by atoms with Crippen LogP contribution in [0.1, 0.15) is 31.2 Å². The van der Waals surface area contributed by atoms with Gasteiger partial charge in [-0.15, -0.1) is 11.3 Å². The van der Waals surface area contributed by atoms with Crippen molar-refractivity contribution in [3.05, 3.63) is 62.0 Å². The summed E-state index contributed by atoms with van der Waals surface area (Å²) in [4.78, 5) is 15.8. The van der Waals surface area contributed by atoms with Crippen molar-refractivity contribution in [1.82, 2.24) is 4.90 Å². The number of nitrogens with zero attached hydrogens (tertiary/aromatic N) is 1. The zero-order valence-corrected chi connectivity index (χ0v) is 15.9. The largest absolute Gasteiger partial charge is 0.477 e. The standard InChI is InChI=1S/C18H17Cl2NO2S/c1-11-16(15-5-4-6-24-15)17(22)21(10-23-11)18(2,3)12-7-13(19)9-14(20)8-12/h4-9H,10H2,1-3H3. The first-order chi connectivity index (χ1) is 11.3. The van der Waals surface area contributed by atoms with Gasteiger partial charge in [0.25, 0.3) is 5.91 Å². The van der Waals surface area contributed by atoms with E-state index in [2.05, 4.69) is 0 Å². The smallest absolute Gasteiger partial charge is 0.262 e. The van der Waals surface area contributed by atoms with Crippen LogP contribution in [0.3, 0.4) is 0 Å². The second kappa shape index (κ2) is 6.43. The lowest BCUT2D eigenvalue weighted by atomic mass is 9.91. The molecule has 3 rings (SSSR count). The first-order valence-electron chi connectivity index (χ1n) is 7.47. The third kappa shape index (κ3) is 3.06. The van der Waals surface area contributed by atoms with Crippen molar-refractivity contribution >= 4 is 46.0 Å². The minimum absolute atomic E-state index is 0.0534. The van der Waals surface area contributed by atoms with Crippen molar-refractivity contribution in [3.63, 3.8) is 0 Å². The lowest BCUT2D eigenvalue weighted by molar-refractivity contribution is -0.139. The van der Waals surface area contributed by atoms with Crippen LogP contribution in [-0.2, 0) is 15.1 Å². The van der Waals surface area contributed by atoms with Gasteiger partial charge in [0.2, 0.25) is 0 Å². The summed E-state index contributed by atoms with van der Waals surface area (Å²) in [6.07, 6.45) is 0. The SMILES string of the molecule is CC1=C(c2cccs2)C(=O)N(C(C)(C)c2cc(Cl)cc(Cl)c2)CO1. The van der Waals surface area contributed by atoms with Crippen LogP contribution in [0.25, 0.3) is 5.57 Å². The molecule has 2 heterocycles. The number of allylic oxidation sites excluding steroid dienone is 1. The van der Waals surface area contributed by atoms with Gasteiger partial charge in [-0.05, 0) is 56.0 Å².